The number of rotatable bonds is 7. The largest absolute Gasteiger partial charge is 0.416 e. The lowest BCUT2D eigenvalue weighted by Gasteiger charge is -2.40. The summed E-state index contributed by atoms with van der Waals surface area (Å²) in [5.74, 6) is -0.817. The number of hydrogen-bond donors (Lipinski definition) is 4. The van der Waals surface area contributed by atoms with Gasteiger partial charge in [-0.1, -0.05) is 0 Å². The first kappa shape index (κ1) is 25.4. The molecule has 4 N–H and O–H groups in total. The van der Waals surface area contributed by atoms with Gasteiger partial charge in [0.05, 0.1) is 22.4 Å². The molecule has 4 rings (SSSR count). The molecular weight excluding hydrogens is 506 g/mol. The van der Waals surface area contributed by atoms with Gasteiger partial charge in [-0.15, -0.1) is 20.9 Å². The number of anilines is 4. The lowest BCUT2D eigenvalue weighted by Crippen LogP contribution is -2.40. The van der Waals surface area contributed by atoms with Crippen LogP contribution in [0.3, 0.4) is 0 Å². The summed E-state index contributed by atoms with van der Waals surface area (Å²) >= 11 is 1.21. The van der Waals surface area contributed by atoms with Gasteiger partial charge in [-0.2, -0.15) is 17.4 Å². The summed E-state index contributed by atoms with van der Waals surface area (Å²) < 4.78 is 81.5. The fourth-order valence-corrected chi connectivity index (χ4v) is 6.16. The van der Waals surface area contributed by atoms with Crippen LogP contribution in [-0.2, 0) is 15.7 Å². The summed E-state index contributed by atoms with van der Waals surface area (Å²) in [6.45, 7) is 1.08. The van der Waals surface area contributed by atoms with E-state index in [1.165, 1.54) is 40.4 Å². The Bertz CT molecular complexity index is 1280. The quantitative estimate of drug-likeness (QED) is 0.316. The first-order valence-electron chi connectivity index (χ1n) is 10.6. The van der Waals surface area contributed by atoms with Crippen LogP contribution in [0.15, 0.2) is 52.2 Å². The van der Waals surface area contributed by atoms with Crippen LogP contribution in [0.2, 0.25) is 0 Å². The minimum atomic E-state index is -4.82. The van der Waals surface area contributed by atoms with Crippen molar-refractivity contribution in [2.45, 2.75) is 23.5 Å². The minimum absolute atomic E-state index is 0.137. The lowest BCUT2D eigenvalue weighted by molar-refractivity contribution is -0.137. The molecule has 1 aliphatic heterocycles. The van der Waals surface area contributed by atoms with E-state index >= 15 is 4.39 Å². The van der Waals surface area contributed by atoms with Crippen LogP contribution in [0.1, 0.15) is 12.0 Å². The number of thiazole rings is 1. The molecule has 13 heteroatoms. The second-order valence-electron chi connectivity index (χ2n) is 8.48. The Morgan fingerprint density at radius 1 is 1.23 bits per heavy atom. The number of benzene rings is 2. The van der Waals surface area contributed by atoms with E-state index in [9.17, 15) is 21.9 Å². The van der Waals surface area contributed by atoms with Crippen LogP contribution < -0.4 is 20.3 Å². The molecule has 0 aliphatic carbocycles. The summed E-state index contributed by atoms with van der Waals surface area (Å²) in [6.07, 6.45) is -2.75. The summed E-state index contributed by atoms with van der Waals surface area (Å²) in [6, 6.07) is 7.08. The number of nitrogens with zero attached hydrogens (tertiary/aromatic N) is 2. The van der Waals surface area contributed by atoms with Crippen molar-refractivity contribution in [1.29, 1.82) is 0 Å². The van der Waals surface area contributed by atoms with Gasteiger partial charge in [0.1, 0.15) is 10.7 Å². The summed E-state index contributed by atoms with van der Waals surface area (Å²) in [7, 11) is -3.02. The molecule has 0 radical (unpaired) electrons. The molecule has 0 spiro atoms. The highest BCUT2D eigenvalue weighted by atomic mass is 32.3. The molecule has 3 aromatic rings. The maximum atomic E-state index is 15.0. The molecular formula is C22H25F4N5O2S2. The van der Waals surface area contributed by atoms with Crippen LogP contribution in [0, 0.1) is 5.82 Å². The Morgan fingerprint density at radius 3 is 2.60 bits per heavy atom. The second kappa shape index (κ2) is 9.04. The maximum Gasteiger partial charge on any atom is 0.416 e. The zero-order valence-electron chi connectivity index (χ0n) is 18.9. The number of aromatic nitrogens is 1. The molecule has 1 aliphatic rings. The highest BCUT2D eigenvalue weighted by Gasteiger charge is 2.33. The predicted octanol–water partition coefficient (Wildman–Crippen LogP) is 5.15. The van der Waals surface area contributed by atoms with E-state index < -0.39 is 32.0 Å². The third-order valence-corrected chi connectivity index (χ3v) is 8.41. The molecule has 1 unspecified atom stereocenters. The number of nitrogens with one attached hydrogen (secondary N) is 3. The normalized spacial score (nSPS) is 17.7. The van der Waals surface area contributed by atoms with Crippen LogP contribution in [0.25, 0.3) is 0 Å². The molecule has 1 atom stereocenters. The number of alkyl halides is 3. The van der Waals surface area contributed by atoms with Crippen molar-refractivity contribution in [3.63, 3.8) is 0 Å². The SMILES string of the molecule is CNC1CCN(c2cc(C(F)(F)F)ccc2Nc2ccc(S(C)(=O)(O)Nc3cscn3)c(F)c2)C1. The number of halogens is 4. The van der Waals surface area contributed by atoms with Gasteiger partial charge in [-0.3, -0.25) is 9.27 Å². The molecule has 0 amide bonds. The van der Waals surface area contributed by atoms with Crippen LogP contribution in [0.4, 0.5) is 40.4 Å². The van der Waals surface area contributed by atoms with E-state index in [0.717, 1.165) is 30.9 Å². The molecule has 190 valence electrons. The molecule has 35 heavy (non-hydrogen) atoms. The molecule has 2 aromatic carbocycles. The van der Waals surface area contributed by atoms with E-state index in [1.807, 2.05) is 4.90 Å². The Morgan fingerprint density at radius 2 is 2.00 bits per heavy atom. The lowest BCUT2D eigenvalue weighted by atomic mass is 10.1. The molecule has 1 aromatic heterocycles. The molecule has 2 heterocycles. The van der Waals surface area contributed by atoms with Crippen molar-refractivity contribution in [2.24, 2.45) is 0 Å². The van der Waals surface area contributed by atoms with E-state index in [1.54, 1.807) is 7.05 Å². The Hall–Kier alpha value is -2.74. The van der Waals surface area contributed by atoms with Crippen molar-refractivity contribution < 1.29 is 26.3 Å². The molecule has 1 saturated heterocycles. The average Bonchev–Trinajstić information content (AvgIpc) is 3.44. The van der Waals surface area contributed by atoms with Gasteiger partial charge >= 0.3 is 6.18 Å². The highest BCUT2D eigenvalue weighted by molar-refractivity contribution is 8.15. The van der Waals surface area contributed by atoms with Gasteiger partial charge in [0.2, 0.25) is 0 Å². The van der Waals surface area contributed by atoms with Crippen molar-refractivity contribution in [1.82, 2.24) is 10.3 Å². The Labute approximate surface area is 203 Å². The third-order valence-electron chi connectivity index (χ3n) is 5.77. The standard InChI is InChI=1S/C22H25F4N5O2S2/c1-27-16-7-8-31(11-16)19-9-14(22(24,25)26)3-5-18(19)29-15-4-6-20(17(23)10-15)35(2,32,33)30-21-12-34-13-28-21/h3-6,9-10,12-13,16,27,29H,7-8,11H2,1-2H3,(H2,30,32,33). The fraction of sp³-hybridized carbons (Fsp3) is 0.318. The minimum Gasteiger partial charge on any atom is -0.368 e. The van der Waals surface area contributed by atoms with Crippen LogP contribution in [0.5, 0.6) is 0 Å². The second-order valence-corrected chi connectivity index (χ2v) is 12.4. The Kier molecular flexibility index (Phi) is 6.55. The fourth-order valence-electron chi connectivity index (χ4n) is 3.98. The maximum absolute atomic E-state index is 15.0. The molecule has 1 fully saturated rings. The number of likely N-dealkylation sites (N-methyl/N-ethyl adjacent to an activating group) is 1. The van der Waals surface area contributed by atoms with Gasteiger partial charge in [-0.05, 0) is 49.9 Å². The third kappa shape index (κ3) is 5.58. The highest BCUT2D eigenvalue weighted by Crippen LogP contribution is 2.39. The van der Waals surface area contributed by atoms with Gasteiger partial charge in [0, 0.05) is 36.5 Å². The summed E-state index contributed by atoms with van der Waals surface area (Å²) in [5, 5.41) is 7.62. The predicted molar refractivity (Wildman–Crippen MR) is 132 cm³/mol. The van der Waals surface area contributed by atoms with E-state index in [-0.39, 0.29) is 17.5 Å². The van der Waals surface area contributed by atoms with Gasteiger partial charge in [0.15, 0.2) is 5.82 Å². The van der Waals surface area contributed by atoms with Gasteiger partial charge < -0.3 is 15.5 Å². The smallest absolute Gasteiger partial charge is 0.368 e. The monoisotopic (exact) mass is 531 g/mol. The zero-order chi connectivity index (χ0) is 25.5. The summed E-state index contributed by atoms with van der Waals surface area (Å²) in [4.78, 5) is 5.29. The topological polar surface area (TPSA) is 89.5 Å². The van der Waals surface area contributed by atoms with Crippen molar-refractivity contribution >= 4 is 43.7 Å². The van der Waals surface area contributed by atoms with E-state index in [4.69, 9.17) is 0 Å². The van der Waals surface area contributed by atoms with Crippen molar-refractivity contribution in [3.8, 4) is 0 Å². The van der Waals surface area contributed by atoms with Crippen LogP contribution >= 0.6 is 11.3 Å². The number of hydrogen-bond acceptors (Lipinski definition) is 6. The van der Waals surface area contributed by atoms with Crippen molar-refractivity contribution in [3.05, 3.63) is 58.7 Å². The molecule has 0 bridgehead atoms. The first-order chi connectivity index (χ1) is 16.3. The van der Waals surface area contributed by atoms with E-state index in [2.05, 4.69) is 20.3 Å². The zero-order valence-corrected chi connectivity index (χ0v) is 20.5. The summed E-state index contributed by atoms with van der Waals surface area (Å²) in [5.41, 5.74) is 1.60. The first-order valence-corrected chi connectivity index (χ1v) is 13.9. The Balaban J connectivity index is 1.65. The van der Waals surface area contributed by atoms with Crippen LogP contribution in [-0.4, -0.2) is 46.2 Å². The molecule has 7 nitrogen and oxygen atoms in total. The van der Waals surface area contributed by atoms with Crippen molar-refractivity contribution in [2.75, 3.05) is 41.3 Å². The van der Waals surface area contributed by atoms with Gasteiger partial charge in [-0.25, -0.2) is 9.37 Å². The average molecular weight is 532 g/mol. The van der Waals surface area contributed by atoms with E-state index in [0.29, 0.717) is 24.5 Å². The molecule has 0 saturated carbocycles. The van der Waals surface area contributed by atoms with Gasteiger partial charge in [0.25, 0.3) is 0 Å².